The summed E-state index contributed by atoms with van der Waals surface area (Å²) in [5, 5.41) is 0. The van der Waals surface area contributed by atoms with Crippen molar-refractivity contribution in [1.82, 2.24) is 0 Å². The highest BCUT2D eigenvalue weighted by Gasteiger charge is 2.32. The lowest BCUT2D eigenvalue weighted by Crippen LogP contribution is -2.29. The van der Waals surface area contributed by atoms with Gasteiger partial charge in [-0.05, 0) is 48.9 Å². The van der Waals surface area contributed by atoms with Crippen molar-refractivity contribution >= 4 is 15.9 Å². The molecule has 0 atom stereocenters. The van der Waals surface area contributed by atoms with Gasteiger partial charge in [-0.2, -0.15) is 0 Å². The molecule has 1 aromatic carbocycles. The molecule has 1 aromatic rings. The summed E-state index contributed by atoms with van der Waals surface area (Å²) in [6.45, 7) is 0.836. The third-order valence-corrected chi connectivity index (χ3v) is 4.12. The first-order valence-electron chi connectivity index (χ1n) is 5.69. The second-order valence-electron chi connectivity index (χ2n) is 4.71. The van der Waals surface area contributed by atoms with E-state index in [1.54, 1.807) is 0 Å². The SMILES string of the molecule is NCC1(Cc2ccc(Br)cc2)CCCC1. The summed E-state index contributed by atoms with van der Waals surface area (Å²) < 4.78 is 1.15. The first kappa shape index (κ1) is 11.2. The highest BCUT2D eigenvalue weighted by atomic mass is 79.9. The Morgan fingerprint density at radius 1 is 1.13 bits per heavy atom. The number of benzene rings is 1. The summed E-state index contributed by atoms with van der Waals surface area (Å²) in [4.78, 5) is 0. The van der Waals surface area contributed by atoms with E-state index in [0.717, 1.165) is 17.4 Å². The standard InChI is InChI=1S/C13H18BrN/c14-12-5-3-11(4-6-12)9-13(10-15)7-1-2-8-13/h3-6H,1-2,7-10,15H2. The van der Waals surface area contributed by atoms with E-state index in [1.807, 2.05) is 0 Å². The Morgan fingerprint density at radius 3 is 2.27 bits per heavy atom. The third-order valence-electron chi connectivity index (χ3n) is 3.59. The zero-order chi connectivity index (χ0) is 10.7. The molecule has 15 heavy (non-hydrogen) atoms. The van der Waals surface area contributed by atoms with Crippen molar-refractivity contribution in [3.8, 4) is 0 Å². The van der Waals surface area contributed by atoms with Crippen LogP contribution in [-0.4, -0.2) is 6.54 Å². The van der Waals surface area contributed by atoms with Crippen LogP contribution in [0, 0.1) is 5.41 Å². The molecule has 0 aliphatic heterocycles. The molecule has 1 fully saturated rings. The number of halogens is 1. The summed E-state index contributed by atoms with van der Waals surface area (Å²) in [6.07, 6.45) is 6.47. The van der Waals surface area contributed by atoms with Gasteiger partial charge in [0, 0.05) is 4.47 Å². The average molecular weight is 268 g/mol. The van der Waals surface area contributed by atoms with Crippen LogP contribution in [0.1, 0.15) is 31.2 Å². The maximum absolute atomic E-state index is 5.94. The van der Waals surface area contributed by atoms with Crippen molar-refractivity contribution in [2.45, 2.75) is 32.1 Å². The summed E-state index contributed by atoms with van der Waals surface area (Å²) in [6, 6.07) is 8.66. The average Bonchev–Trinajstić information content (AvgIpc) is 2.71. The van der Waals surface area contributed by atoms with E-state index < -0.39 is 0 Å². The van der Waals surface area contributed by atoms with Crippen molar-refractivity contribution in [2.24, 2.45) is 11.1 Å². The van der Waals surface area contributed by atoms with Crippen LogP contribution in [-0.2, 0) is 6.42 Å². The number of rotatable bonds is 3. The number of nitrogens with two attached hydrogens (primary N) is 1. The first-order valence-corrected chi connectivity index (χ1v) is 6.48. The molecule has 0 aromatic heterocycles. The van der Waals surface area contributed by atoms with Crippen LogP contribution in [0.25, 0.3) is 0 Å². The lowest BCUT2D eigenvalue weighted by molar-refractivity contribution is 0.306. The molecule has 1 saturated carbocycles. The summed E-state index contributed by atoms with van der Waals surface area (Å²) in [7, 11) is 0. The minimum atomic E-state index is 0.397. The van der Waals surface area contributed by atoms with Gasteiger partial charge in [-0.15, -0.1) is 0 Å². The molecule has 1 aliphatic rings. The highest BCUT2D eigenvalue weighted by Crippen LogP contribution is 2.40. The van der Waals surface area contributed by atoms with Gasteiger partial charge in [0.1, 0.15) is 0 Å². The largest absolute Gasteiger partial charge is 0.330 e. The highest BCUT2D eigenvalue weighted by molar-refractivity contribution is 9.10. The van der Waals surface area contributed by atoms with Crippen LogP contribution >= 0.6 is 15.9 Å². The Hall–Kier alpha value is -0.340. The molecule has 0 unspecified atom stereocenters. The van der Waals surface area contributed by atoms with E-state index in [9.17, 15) is 0 Å². The maximum Gasteiger partial charge on any atom is 0.0175 e. The molecule has 2 rings (SSSR count). The van der Waals surface area contributed by atoms with Gasteiger partial charge in [0.2, 0.25) is 0 Å². The number of hydrogen-bond donors (Lipinski definition) is 1. The molecule has 0 heterocycles. The summed E-state index contributed by atoms with van der Waals surface area (Å²) >= 11 is 3.46. The Kier molecular flexibility index (Phi) is 3.47. The number of hydrogen-bond acceptors (Lipinski definition) is 1. The van der Waals surface area contributed by atoms with Crippen LogP contribution in [0.3, 0.4) is 0 Å². The predicted molar refractivity (Wildman–Crippen MR) is 67.8 cm³/mol. The van der Waals surface area contributed by atoms with Gasteiger partial charge in [0.05, 0.1) is 0 Å². The van der Waals surface area contributed by atoms with E-state index in [0.29, 0.717) is 5.41 Å². The lowest BCUT2D eigenvalue weighted by atomic mass is 9.80. The predicted octanol–water partition coefficient (Wildman–Crippen LogP) is 3.51. The van der Waals surface area contributed by atoms with Crippen molar-refractivity contribution < 1.29 is 0 Å². The van der Waals surface area contributed by atoms with Gasteiger partial charge >= 0.3 is 0 Å². The molecule has 1 aliphatic carbocycles. The molecular weight excluding hydrogens is 250 g/mol. The molecular formula is C13H18BrN. The van der Waals surface area contributed by atoms with E-state index in [4.69, 9.17) is 5.73 Å². The van der Waals surface area contributed by atoms with Crippen LogP contribution in [0.5, 0.6) is 0 Å². The normalized spacial score (nSPS) is 19.3. The van der Waals surface area contributed by atoms with Crippen LogP contribution in [0.4, 0.5) is 0 Å². The molecule has 0 bridgehead atoms. The van der Waals surface area contributed by atoms with Gasteiger partial charge in [0.25, 0.3) is 0 Å². The summed E-state index contributed by atoms with van der Waals surface area (Å²) in [5.41, 5.74) is 7.76. The van der Waals surface area contributed by atoms with Gasteiger partial charge in [-0.3, -0.25) is 0 Å². The Bertz CT molecular complexity index is 312. The fourth-order valence-corrected chi connectivity index (χ4v) is 2.88. The van der Waals surface area contributed by atoms with Crippen molar-refractivity contribution in [3.63, 3.8) is 0 Å². The van der Waals surface area contributed by atoms with Crippen molar-refractivity contribution in [2.75, 3.05) is 6.54 Å². The van der Waals surface area contributed by atoms with E-state index in [1.165, 1.54) is 31.2 Å². The molecule has 0 spiro atoms. The molecule has 0 amide bonds. The molecule has 1 nitrogen and oxygen atoms in total. The second kappa shape index (κ2) is 4.67. The Morgan fingerprint density at radius 2 is 1.73 bits per heavy atom. The third kappa shape index (κ3) is 2.61. The quantitative estimate of drug-likeness (QED) is 0.891. The zero-order valence-electron chi connectivity index (χ0n) is 9.01. The molecule has 0 radical (unpaired) electrons. The fraction of sp³-hybridized carbons (Fsp3) is 0.538. The van der Waals surface area contributed by atoms with E-state index >= 15 is 0 Å². The lowest BCUT2D eigenvalue weighted by Gasteiger charge is -2.27. The zero-order valence-corrected chi connectivity index (χ0v) is 10.6. The molecule has 82 valence electrons. The van der Waals surface area contributed by atoms with Gasteiger partial charge in [-0.1, -0.05) is 40.9 Å². The van der Waals surface area contributed by atoms with Crippen molar-refractivity contribution in [1.29, 1.82) is 0 Å². The Balaban J connectivity index is 2.09. The molecule has 2 heteroatoms. The summed E-state index contributed by atoms with van der Waals surface area (Å²) in [5.74, 6) is 0. The molecule has 2 N–H and O–H groups in total. The van der Waals surface area contributed by atoms with Gasteiger partial charge in [-0.25, -0.2) is 0 Å². The topological polar surface area (TPSA) is 26.0 Å². The van der Waals surface area contributed by atoms with Crippen LogP contribution in [0.15, 0.2) is 28.7 Å². The van der Waals surface area contributed by atoms with E-state index in [-0.39, 0.29) is 0 Å². The second-order valence-corrected chi connectivity index (χ2v) is 5.63. The van der Waals surface area contributed by atoms with Crippen LogP contribution < -0.4 is 5.73 Å². The van der Waals surface area contributed by atoms with E-state index in [2.05, 4.69) is 40.2 Å². The minimum Gasteiger partial charge on any atom is -0.330 e. The molecule has 0 saturated heterocycles. The van der Waals surface area contributed by atoms with Crippen molar-refractivity contribution in [3.05, 3.63) is 34.3 Å². The fourth-order valence-electron chi connectivity index (χ4n) is 2.61. The van der Waals surface area contributed by atoms with Gasteiger partial charge < -0.3 is 5.73 Å². The van der Waals surface area contributed by atoms with Gasteiger partial charge in [0.15, 0.2) is 0 Å². The van der Waals surface area contributed by atoms with Crippen LogP contribution in [0.2, 0.25) is 0 Å². The minimum absolute atomic E-state index is 0.397. The Labute approximate surface area is 100 Å². The first-order chi connectivity index (χ1) is 7.24. The smallest absolute Gasteiger partial charge is 0.0175 e. The maximum atomic E-state index is 5.94. The monoisotopic (exact) mass is 267 g/mol.